The van der Waals surface area contributed by atoms with E-state index >= 15 is 0 Å². The monoisotopic (exact) mass is 280 g/mol. The molecule has 1 aromatic carbocycles. The first-order valence-corrected chi connectivity index (χ1v) is 8.86. The number of hydrogen-bond acceptors (Lipinski definition) is 0. The number of halogens is 6. The molecule has 0 bridgehead atoms. The van der Waals surface area contributed by atoms with Gasteiger partial charge in [-0.15, -0.1) is 0 Å². The Hall–Kier alpha value is -0.217. The summed E-state index contributed by atoms with van der Waals surface area (Å²) in [7, 11) is 5.37. The Morgan fingerprint density at radius 2 is 1.64 bits per heavy atom. The van der Waals surface area contributed by atoms with Crippen LogP contribution in [0, 0.1) is 11.6 Å². The molecule has 0 saturated heterocycles. The van der Waals surface area contributed by atoms with Crippen LogP contribution >= 0.6 is 9.69 Å². The fourth-order valence-electron chi connectivity index (χ4n) is 0.912. The maximum atomic E-state index is 12.9. The third kappa shape index (κ3) is 2.23. The molecule has 0 atom stereocenters. The number of hydrogen-bond donors (Lipinski definition) is 0. The minimum absolute atomic E-state index is 0.107. The van der Waals surface area contributed by atoms with Crippen molar-refractivity contribution in [2.24, 2.45) is 0 Å². The summed E-state index contributed by atoms with van der Waals surface area (Å²) in [6.07, 6.45) is -4.87. The first-order valence-electron chi connectivity index (χ1n) is 3.48. The first-order chi connectivity index (χ1) is 6.38. The van der Waals surface area contributed by atoms with E-state index in [1.54, 1.807) is 0 Å². The van der Waals surface area contributed by atoms with Crippen LogP contribution in [0.5, 0.6) is 0 Å². The third-order valence-corrected chi connectivity index (χ3v) is 4.86. The Balaban J connectivity index is 3.31. The standard InChI is InChI=1S/C7H2F5.ClH.Zn/c8-5-3-1-2-4(6(5)9)7(10,11)12;;/h1-2H;1H;/q;;+1/p-1. The van der Waals surface area contributed by atoms with Crippen LogP contribution in [-0.2, 0) is 22.3 Å². The average Bonchev–Trinajstić information content (AvgIpc) is 2.07. The zero-order valence-corrected chi connectivity index (χ0v) is 10.4. The summed E-state index contributed by atoms with van der Waals surface area (Å²) in [6, 6.07) is 1.41. The van der Waals surface area contributed by atoms with Gasteiger partial charge in [0.1, 0.15) is 0 Å². The van der Waals surface area contributed by atoms with Gasteiger partial charge in [0, 0.05) is 0 Å². The molecule has 0 aliphatic carbocycles. The summed E-state index contributed by atoms with van der Waals surface area (Å²) in [4.78, 5) is 0. The molecular weight excluding hydrogens is 280 g/mol. The van der Waals surface area contributed by atoms with Crippen LogP contribution in [0.4, 0.5) is 22.0 Å². The van der Waals surface area contributed by atoms with Crippen LogP contribution in [0.25, 0.3) is 0 Å². The van der Waals surface area contributed by atoms with Gasteiger partial charge >= 0.3 is 87.4 Å². The maximum absolute atomic E-state index is 12.9. The van der Waals surface area contributed by atoms with Gasteiger partial charge in [-0.25, -0.2) is 0 Å². The molecule has 0 N–H and O–H groups in total. The van der Waals surface area contributed by atoms with Crippen molar-refractivity contribution in [1.29, 1.82) is 0 Å². The molecule has 1 rings (SSSR count). The van der Waals surface area contributed by atoms with Crippen LogP contribution in [0.2, 0.25) is 0 Å². The molecule has 14 heavy (non-hydrogen) atoms. The Labute approximate surface area is 87.7 Å². The van der Waals surface area contributed by atoms with Crippen LogP contribution < -0.4 is 4.16 Å². The minimum atomic E-state index is -4.87. The van der Waals surface area contributed by atoms with E-state index in [-0.39, 0.29) is 4.16 Å². The fraction of sp³-hybridized carbons (Fsp3) is 0.143. The molecule has 0 aliphatic heterocycles. The Kier molecular flexibility index (Phi) is 3.48. The molecule has 0 radical (unpaired) electrons. The van der Waals surface area contributed by atoms with Crippen LogP contribution in [0.3, 0.4) is 0 Å². The van der Waals surface area contributed by atoms with Gasteiger partial charge in [0.05, 0.1) is 0 Å². The average molecular weight is 282 g/mol. The molecule has 0 spiro atoms. The SMILES string of the molecule is Fc1[c]([Zn][Cl])ccc(C(F)(F)F)c1F. The first kappa shape index (κ1) is 11.9. The van der Waals surface area contributed by atoms with E-state index in [9.17, 15) is 22.0 Å². The normalized spacial score (nSPS) is 11.3. The van der Waals surface area contributed by atoms with Gasteiger partial charge in [0.2, 0.25) is 0 Å². The van der Waals surface area contributed by atoms with Crippen molar-refractivity contribution >= 4 is 13.8 Å². The molecule has 0 heterocycles. The van der Waals surface area contributed by atoms with E-state index in [0.717, 1.165) is 6.07 Å². The molecular formula is C7H2ClF5Zn. The Morgan fingerprint density at radius 1 is 1.07 bits per heavy atom. The molecule has 0 aromatic heterocycles. The molecule has 0 saturated carbocycles. The van der Waals surface area contributed by atoms with Gasteiger partial charge in [-0.3, -0.25) is 0 Å². The Morgan fingerprint density at radius 3 is 2.07 bits per heavy atom. The summed E-state index contributed by atoms with van der Waals surface area (Å²) in [5.41, 5.74) is -1.59. The van der Waals surface area contributed by atoms with Gasteiger partial charge < -0.3 is 0 Å². The van der Waals surface area contributed by atoms with E-state index in [1.165, 1.54) is 0 Å². The number of alkyl halides is 3. The molecule has 7 heteroatoms. The number of benzene rings is 1. The topological polar surface area (TPSA) is 0 Å². The second kappa shape index (κ2) is 4.11. The van der Waals surface area contributed by atoms with E-state index in [4.69, 9.17) is 9.69 Å². The van der Waals surface area contributed by atoms with Crippen molar-refractivity contribution < 1.29 is 38.1 Å². The molecule has 0 aliphatic rings. The van der Waals surface area contributed by atoms with Gasteiger partial charge in [-0.1, -0.05) is 0 Å². The summed E-state index contributed by atoms with van der Waals surface area (Å²) >= 11 is -1.93. The molecule has 0 fully saturated rings. The summed E-state index contributed by atoms with van der Waals surface area (Å²) in [5, 5.41) is 0. The second-order valence-electron chi connectivity index (χ2n) is 2.53. The van der Waals surface area contributed by atoms with Crippen LogP contribution in [-0.4, -0.2) is 0 Å². The van der Waals surface area contributed by atoms with Crippen molar-refractivity contribution in [3.05, 3.63) is 29.3 Å². The zero-order valence-electron chi connectivity index (χ0n) is 6.63. The van der Waals surface area contributed by atoms with Crippen LogP contribution in [0.15, 0.2) is 12.1 Å². The van der Waals surface area contributed by atoms with Gasteiger partial charge in [-0.05, 0) is 0 Å². The molecule has 0 nitrogen and oxygen atoms in total. The molecule has 74 valence electrons. The zero-order chi connectivity index (χ0) is 10.9. The second-order valence-corrected chi connectivity index (χ2v) is 6.08. The van der Waals surface area contributed by atoms with E-state index < -0.39 is 39.5 Å². The van der Waals surface area contributed by atoms with E-state index in [0.29, 0.717) is 6.07 Å². The summed E-state index contributed by atoms with van der Waals surface area (Å²) in [6.45, 7) is 0. The predicted octanol–water partition coefficient (Wildman–Crippen LogP) is 2.85. The van der Waals surface area contributed by atoms with Crippen molar-refractivity contribution in [3.63, 3.8) is 0 Å². The Bertz CT molecular complexity index is 349. The summed E-state index contributed by atoms with van der Waals surface area (Å²) < 4.78 is 61.7. The van der Waals surface area contributed by atoms with E-state index in [1.807, 2.05) is 0 Å². The predicted molar refractivity (Wildman–Crippen MR) is 36.8 cm³/mol. The van der Waals surface area contributed by atoms with Crippen molar-refractivity contribution in [3.8, 4) is 0 Å². The number of rotatable bonds is 1. The van der Waals surface area contributed by atoms with Crippen molar-refractivity contribution in [2.45, 2.75) is 6.18 Å². The third-order valence-electron chi connectivity index (χ3n) is 1.61. The fourth-order valence-corrected chi connectivity index (χ4v) is 2.99. The van der Waals surface area contributed by atoms with Gasteiger partial charge in [-0.2, -0.15) is 0 Å². The van der Waals surface area contributed by atoms with Crippen molar-refractivity contribution in [2.75, 3.05) is 0 Å². The summed E-state index contributed by atoms with van der Waals surface area (Å²) in [5.74, 6) is -3.32. The van der Waals surface area contributed by atoms with Gasteiger partial charge in [0.25, 0.3) is 0 Å². The van der Waals surface area contributed by atoms with E-state index in [2.05, 4.69) is 0 Å². The molecule has 1 aromatic rings. The van der Waals surface area contributed by atoms with Crippen molar-refractivity contribution in [1.82, 2.24) is 0 Å². The van der Waals surface area contributed by atoms with Gasteiger partial charge in [0.15, 0.2) is 0 Å². The van der Waals surface area contributed by atoms with Crippen LogP contribution in [0.1, 0.15) is 5.56 Å². The quantitative estimate of drug-likeness (QED) is 0.549. The molecule has 0 amide bonds. The molecule has 0 unspecified atom stereocenters.